The van der Waals surface area contributed by atoms with Gasteiger partial charge >= 0.3 is 0 Å². The summed E-state index contributed by atoms with van der Waals surface area (Å²) >= 11 is 0. The number of hydrogen-bond donors (Lipinski definition) is 0. The lowest BCUT2D eigenvalue weighted by atomic mass is 9.85. The number of hydrogen-bond acceptors (Lipinski definition) is 2. The van der Waals surface area contributed by atoms with E-state index in [-0.39, 0.29) is 21.9 Å². The Kier molecular flexibility index (Phi) is 10.3. The van der Waals surface area contributed by atoms with Gasteiger partial charge in [0.15, 0.2) is 0 Å². The first kappa shape index (κ1) is 39.3. The van der Waals surface area contributed by atoms with Crippen LogP contribution in [0.15, 0.2) is 36.4 Å². The van der Waals surface area contributed by atoms with Gasteiger partial charge in [0.1, 0.15) is 0 Å². The van der Waals surface area contributed by atoms with Crippen molar-refractivity contribution in [2.24, 2.45) is 10.8 Å². The van der Waals surface area contributed by atoms with Gasteiger partial charge in [0, 0.05) is 33.8 Å². The molecule has 2 aromatic carbocycles. The summed E-state index contributed by atoms with van der Waals surface area (Å²) in [5, 5.41) is 0. The first-order valence-corrected chi connectivity index (χ1v) is 26.6. The molecule has 0 spiro atoms. The smallest absolute Gasteiger partial charge is 0.0705 e. The van der Waals surface area contributed by atoms with Crippen molar-refractivity contribution in [1.29, 1.82) is 0 Å². The van der Waals surface area contributed by atoms with Crippen molar-refractivity contribution in [3.05, 3.63) is 58.7 Å². The molecule has 270 valence electrons. The van der Waals surface area contributed by atoms with Crippen molar-refractivity contribution in [1.82, 2.24) is 0 Å². The Hall–Kier alpha value is -1.53. The van der Waals surface area contributed by atoms with Gasteiger partial charge in [-0.05, 0) is 97.3 Å². The van der Waals surface area contributed by atoms with E-state index >= 15 is 0 Å². The molecule has 0 aromatic heterocycles. The Bertz CT molecular complexity index is 1310. The van der Waals surface area contributed by atoms with Crippen LogP contribution in [0.2, 0.25) is 26.2 Å². The molecule has 0 saturated carbocycles. The third-order valence-corrected chi connectivity index (χ3v) is 33.0. The number of nitrogens with zero attached hydrogens (tertiary/aromatic N) is 2. The molecule has 0 amide bonds. The molecule has 2 aliphatic rings. The summed E-state index contributed by atoms with van der Waals surface area (Å²) in [6.07, 6.45) is 2.46. The largest absolute Gasteiger partial charge is 0.366 e. The number of para-hydroxylation sites is 2. The van der Waals surface area contributed by atoms with Crippen LogP contribution in [0.3, 0.4) is 0 Å². The van der Waals surface area contributed by atoms with Crippen LogP contribution < -0.4 is 9.80 Å². The molecule has 0 bridgehead atoms. The predicted molar refractivity (Wildman–Crippen MR) is 222 cm³/mol. The summed E-state index contributed by atoms with van der Waals surface area (Å²) in [6, 6.07) is 14.4. The van der Waals surface area contributed by atoms with E-state index in [0.717, 1.165) is 0 Å². The quantitative estimate of drug-likeness (QED) is 0.242. The van der Waals surface area contributed by atoms with E-state index in [1.54, 1.807) is 11.4 Å². The third kappa shape index (κ3) is 6.30. The molecule has 2 aromatic rings. The first-order valence-electron chi connectivity index (χ1n) is 19.5. The molecule has 0 aliphatic carbocycles. The average molecular weight is 689 g/mol. The summed E-state index contributed by atoms with van der Waals surface area (Å²) in [5.41, 5.74) is 11.0. The second-order valence-electron chi connectivity index (χ2n) is 21.1. The zero-order valence-corrected chi connectivity index (χ0v) is 37.2. The van der Waals surface area contributed by atoms with Crippen LogP contribution in [-0.4, -0.2) is 37.6 Å². The molecule has 4 heteroatoms. The van der Waals surface area contributed by atoms with Crippen LogP contribution in [-0.2, 0) is 0 Å². The zero-order valence-electron chi connectivity index (χ0n) is 35.2. The summed E-state index contributed by atoms with van der Waals surface area (Å²) in [7, 11) is -4.08. The topological polar surface area (TPSA) is 6.48 Å². The fourth-order valence-corrected chi connectivity index (χ4v) is 26.9. The van der Waals surface area contributed by atoms with Crippen LogP contribution in [0.25, 0.3) is 0 Å². The van der Waals surface area contributed by atoms with Gasteiger partial charge in [0.25, 0.3) is 0 Å². The van der Waals surface area contributed by atoms with Crippen molar-refractivity contribution >= 4 is 26.6 Å². The first-order chi connectivity index (χ1) is 21.6. The molecule has 0 radical (unpaired) electrons. The number of anilines is 2. The average Bonchev–Trinajstić information content (AvgIpc) is 3.25. The van der Waals surface area contributed by atoms with Gasteiger partial charge in [-0.15, -0.1) is 0 Å². The summed E-state index contributed by atoms with van der Waals surface area (Å²) in [6.45, 7) is 51.5. The molecule has 2 atom stereocenters. The summed E-state index contributed by atoms with van der Waals surface area (Å²) in [5.74, 6) is 1.95. The van der Waals surface area contributed by atoms with Gasteiger partial charge in [-0.3, -0.25) is 0 Å². The highest BCUT2D eigenvalue weighted by Crippen LogP contribution is 2.59. The maximum Gasteiger partial charge on any atom is 0.0705 e. The standard InChI is InChI=1S/C44H76N2Si2/c1-29(2)33-23-21-24-34(30(3)4)37(33)45-39(41(9,10)27-43(45,13)14)47(17,18)48(19,20)40-42(11,12)28-44(15,16)46(40)38-35(31(5)6)25-22-26-36(38)32(7)8/h21-26,29-32,39-40H,27-28H2,1-20H3. The highest BCUT2D eigenvalue weighted by molar-refractivity contribution is 7.42. The molecule has 48 heavy (non-hydrogen) atoms. The normalized spacial score (nSPS) is 23.8. The molecule has 2 unspecified atom stereocenters. The van der Waals surface area contributed by atoms with Crippen molar-refractivity contribution in [2.45, 2.75) is 196 Å². The minimum atomic E-state index is -2.04. The molecule has 2 saturated heterocycles. The Labute approximate surface area is 300 Å². The monoisotopic (exact) mass is 689 g/mol. The highest BCUT2D eigenvalue weighted by atomic mass is 29.3. The summed E-state index contributed by atoms with van der Waals surface area (Å²) < 4.78 is 0. The van der Waals surface area contributed by atoms with Gasteiger partial charge in [-0.2, -0.15) is 0 Å². The zero-order chi connectivity index (χ0) is 36.7. The van der Waals surface area contributed by atoms with E-state index in [1.807, 2.05) is 0 Å². The van der Waals surface area contributed by atoms with Crippen molar-refractivity contribution in [2.75, 3.05) is 9.80 Å². The lowest BCUT2D eigenvalue weighted by molar-refractivity contribution is 0.349. The maximum atomic E-state index is 3.07. The van der Waals surface area contributed by atoms with E-state index in [9.17, 15) is 0 Å². The van der Waals surface area contributed by atoms with Crippen molar-refractivity contribution in [3.8, 4) is 0 Å². The van der Waals surface area contributed by atoms with Gasteiger partial charge in [0.05, 0.1) is 15.2 Å². The van der Waals surface area contributed by atoms with E-state index in [4.69, 9.17) is 0 Å². The van der Waals surface area contributed by atoms with Crippen LogP contribution in [0.5, 0.6) is 0 Å². The third-order valence-electron chi connectivity index (χ3n) is 13.3. The molecule has 4 rings (SSSR count). The summed E-state index contributed by atoms with van der Waals surface area (Å²) in [4.78, 5) is 6.13. The highest BCUT2D eigenvalue weighted by Gasteiger charge is 2.67. The van der Waals surface area contributed by atoms with Crippen LogP contribution >= 0.6 is 0 Å². The lowest BCUT2D eigenvalue weighted by Gasteiger charge is -2.59. The van der Waals surface area contributed by atoms with Crippen molar-refractivity contribution in [3.63, 3.8) is 0 Å². The molecule has 2 heterocycles. The molecule has 0 N–H and O–H groups in total. The number of rotatable bonds is 9. The van der Waals surface area contributed by atoms with Gasteiger partial charge < -0.3 is 9.80 Å². The maximum absolute atomic E-state index is 3.07. The second-order valence-corrected chi connectivity index (χ2v) is 36.8. The van der Waals surface area contributed by atoms with E-state index in [1.165, 1.54) is 35.1 Å². The Morgan fingerprint density at radius 2 is 0.708 bits per heavy atom. The van der Waals surface area contributed by atoms with Crippen LogP contribution in [0, 0.1) is 10.8 Å². The molecular weight excluding hydrogens is 613 g/mol. The molecule has 2 nitrogen and oxygen atoms in total. The van der Waals surface area contributed by atoms with E-state index in [0.29, 0.717) is 35.0 Å². The van der Waals surface area contributed by atoms with Gasteiger partial charge in [-0.25, -0.2) is 0 Å². The fraction of sp³-hybridized carbons (Fsp3) is 0.727. The minimum absolute atomic E-state index is 0.0801. The van der Waals surface area contributed by atoms with E-state index < -0.39 is 15.2 Å². The second kappa shape index (κ2) is 12.6. The number of benzene rings is 2. The van der Waals surface area contributed by atoms with Crippen LogP contribution in [0.4, 0.5) is 11.4 Å². The molecule has 2 fully saturated rings. The van der Waals surface area contributed by atoms with Gasteiger partial charge in [0.2, 0.25) is 0 Å². The lowest BCUT2D eigenvalue weighted by Crippen LogP contribution is -2.77. The molecular formula is C44H76N2Si2. The fourth-order valence-electron chi connectivity index (χ4n) is 11.7. The Morgan fingerprint density at radius 1 is 0.479 bits per heavy atom. The van der Waals surface area contributed by atoms with Crippen LogP contribution in [0.1, 0.15) is 170 Å². The van der Waals surface area contributed by atoms with E-state index in [2.05, 4.69) is 183 Å². The Balaban J connectivity index is 2.05. The minimum Gasteiger partial charge on any atom is -0.366 e. The Morgan fingerprint density at radius 3 is 0.917 bits per heavy atom. The SMILES string of the molecule is CC(C)c1cccc(C(C)C)c1N1C([Si](C)(C)[Si](C)(C)C2N(c3c(C(C)C)cccc3C(C)C)C(C)(C)CC2(C)C)C(C)(C)CC1(C)C. The van der Waals surface area contributed by atoms with Crippen molar-refractivity contribution < 1.29 is 0 Å². The predicted octanol–water partition coefficient (Wildman–Crippen LogP) is 13.2. The van der Waals surface area contributed by atoms with Gasteiger partial charge in [-0.1, -0.05) is 146 Å². The molecule has 2 aliphatic heterocycles.